The van der Waals surface area contributed by atoms with Gasteiger partial charge < -0.3 is 4.74 Å². The minimum Gasteiger partial charge on any atom is -0.461 e. The van der Waals surface area contributed by atoms with Crippen LogP contribution < -0.4 is 0 Å². The molecule has 118 valence electrons. The van der Waals surface area contributed by atoms with E-state index in [1.54, 1.807) is 0 Å². The molecule has 1 aromatic heterocycles. The number of hydrogen-bond donors (Lipinski definition) is 0. The zero-order chi connectivity index (χ0) is 16.5. The number of aromatic nitrogens is 2. The van der Waals surface area contributed by atoms with Gasteiger partial charge in [-0.25, -0.2) is 9.78 Å². The third-order valence-corrected chi connectivity index (χ3v) is 3.12. The van der Waals surface area contributed by atoms with Gasteiger partial charge in [0.25, 0.3) is 0 Å². The Kier molecular flexibility index (Phi) is 4.46. The van der Waals surface area contributed by atoms with Gasteiger partial charge in [0.2, 0.25) is 0 Å². The summed E-state index contributed by atoms with van der Waals surface area (Å²) in [6.45, 7) is 2.86. The lowest BCUT2D eigenvalue weighted by Gasteiger charge is -2.11. The van der Waals surface area contributed by atoms with Gasteiger partial charge >= 0.3 is 12.1 Å². The van der Waals surface area contributed by atoms with Crippen LogP contribution in [0.4, 0.5) is 13.2 Å². The number of halogens is 4. The first-order chi connectivity index (χ1) is 10.3. The molecule has 2 rings (SSSR count). The van der Waals surface area contributed by atoms with E-state index in [-0.39, 0.29) is 12.4 Å². The van der Waals surface area contributed by atoms with Crippen molar-refractivity contribution >= 4 is 17.6 Å². The lowest BCUT2D eigenvalue weighted by atomic mass is 10.2. The van der Waals surface area contributed by atoms with Gasteiger partial charge in [-0.05, 0) is 38.1 Å². The van der Waals surface area contributed by atoms with Gasteiger partial charge in [-0.2, -0.15) is 13.2 Å². The fourth-order valence-corrected chi connectivity index (χ4v) is 2.15. The molecule has 0 spiro atoms. The molecule has 2 aromatic rings. The van der Waals surface area contributed by atoms with Crippen LogP contribution in [-0.2, 0) is 10.9 Å². The summed E-state index contributed by atoms with van der Waals surface area (Å²) in [5.74, 6) is -1.05. The van der Waals surface area contributed by atoms with Crippen LogP contribution in [0, 0.1) is 6.92 Å². The highest BCUT2D eigenvalue weighted by Gasteiger charge is 2.41. The SMILES string of the molecule is CCOC(=O)c1c(C(F)(F)F)nc(C)n1-c1ccc(Cl)cc1. The van der Waals surface area contributed by atoms with Crippen molar-refractivity contribution in [3.05, 3.63) is 46.5 Å². The molecule has 0 N–H and O–H groups in total. The number of benzene rings is 1. The molecule has 0 bridgehead atoms. The van der Waals surface area contributed by atoms with Gasteiger partial charge in [0, 0.05) is 10.7 Å². The van der Waals surface area contributed by atoms with E-state index >= 15 is 0 Å². The number of esters is 1. The molecular formula is C14H12ClF3N2O2. The molecule has 0 saturated heterocycles. The van der Waals surface area contributed by atoms with Crippen LogP contribution in [0.3, 0.4) is 0 Å². The predicted molar refractivity (Wildman–Crippen MR) is 74.3 cm³/mol. The van der Waals surface area contributed by atoms with Gasteiger partial charge in [0.05, 0.1) is 6.61 Å². The molecular weight excluding hydrogens is 321 g/mol. The first-order valence-corrected chi connectivity index (χ1v) is 6.73. The number of rotatable bonds is 3. The van der Waals surface area contributed by atoms with E-state index < -0.39 is 23.5 Å². The van der Waals surface area contributed by atoms with E-state index in [1.165, 1.54) is 38.1 Å². The van der Waals surface area contributed by atoms with E-state index in [0.29, 0.717) is 10.7 Å². The summed E-state index contributed by atoms with van der Waals surface area (Å²) in [7, 11) is 0. The standard InChI is InChI=1S/C14H12ClF3N2O2/c1-3-22-13(21)11-12(14(16,17)18)19-8(2)20(11)10-6-4-9(15)5-7-10/h4-7H,3H2,1-2H3. The molecule has 0 amide bonds. The molecule has 0 saturated carbocycles. The molecule has 4 nitrogen and oxygen atoms in total. The third-order valence-electron chi connectivity index (χ3n) is 2.87. The predicted octanol–water partition coefficient (Wildman–Crippen LogP) is 4.03. The van der Waals surface area contributed by atoms with Crippen LogP contribution in [0.15, 0.2) is 24.3 Å². The zero-order valence-electron chi connectivity index (χ0n) is 11.7. The maximum Gasteiger partial charge on any atom is 0.435 e. The Morgan fingerprint density at radius 2 is 1.91 bits per heavy atom. The van der Waals surface area contributed by atoms with E-state index in [2.05, 4.69) is 4.98 Å². The molecule has 0 atom stereocenters. The first-order valence-electron chi connectivity index (χ1n) is 6.35. The van der Waals surface area contributed by atoms with Crippen molar-refractivity contribution in [1.82, 2.24) is 9.55 Å². The highest BCUT2D eigenvalue weighted by atomic mass is 35.5. The molecule has 22 heavy (non-hydrogen) atoms. The van der Waals surface area contributed by atoms with Crippen LogP contribution in [-0.4, -0.2) is 22.1 Å². The number of alkyl halides is 3. The van der Waals surface area contributed by atoms with Crippen LogP contribution in [0.25, 0.3) is 5.69 Å². The fraction of sp³-hybridized carbons (Fsp3) is 0.286. The average molecular weight is 333 g/mol. The maximum absolute atomic E-state index is 13.1. The molecule has 0 fully saturated rings. The van der Waals surface area contributed by atoms with Gasteiger partial charge in [0.1, 0.15) is 5.82 Å². The second-order valence-electron chi connectivity index (χ2n) is 4.39. The van der Waals surface area contributed by atoms with E-state index in [0.717, 1.165) is 4.57 Å². The fourth-order valence-electron chi connectivity index (χ4n) is 2.02. The largest absolute Gasteiger partial charge is 0.461 e. The lowest BCUT2D eigenvalue weighted by molar-refractivity contribution is -0.141. The van der Waals surface area contributed by atoms with Crippen molar-refractivity contribution in [2.75, 3.05) is 6.61 Å². The second-order valence-corrected chi connectivity index (χ2v) is 4.82. The zero-order valence-corrected chi connectivity index (χ0v) is 12.5. The van der Waals surface area contributed by atoms with Gasteiger partial charge in [-0.3, -0.25) is 4.57 Å². The summed E-state index contributed by atoms with van der Waals surface area (Å²) in [4.78, 5) is 15.5. The van der Waals surface area contributed by atoms with Crippen LogP contribution in [0.2, 0.25) is 5.02 Å². The Balaban J connectivity index is 2.69. The Hall–Kier alpha value is -2.02. The number of carbonyl (C=O) groups is 1. The Bertz CT molecular complexity index is 693. The van der Waals surface area contributed by atoms with Crippen LogP contribution >= 0.6 is 11.6 Å². The number of nitrogens with zero attached hydrogens (tertiary/aromatic N) is 2. The summed E-state index contributed by atoms with van der Waals surface area (Å²) >= 11 is 5.77. The summed E-state index contributed by atoms with van der Waals surface area (Å²) in [6.07, 6.45) is -4.76. The Morgan fingerprint density at radius 3 is 2.41 bits per heavy atom. The Morgan fingerprint density at radius 1 is 1.32 bits per heavy atom. The molecule has 0 aliphatic carbocycles. The van der Waals surface area contributed by atoms with E-state index in [4.69, 9.17) is 16.3 Å². The van der Waals surface area contributed by atoms with E-state index in [1.807, 2.05) is 0 Å². The topological polar surface area (TPSA) is 44.1 Å². The average Bonchev–Trinajstić information content (AvgIpc) is 2.78. The second kappa shape index (κ2) is 6.00. The molecule has 0 aliphatic heterocycles. The van der Waals surface area contributed by atoms with E-state index in [9.17, 15) is 18.0 Å². The van der Waals surface area contributed by atoms with Crippen LogP contribution in [0.1, 0.15) is 28.9 Å². The van der Waals surface area contributed by atoms with Crippen molar-refractivity contribution in [2.45, 2.75) is 20.0 Å². The normalized spacial score (nSPS) is 11.5. The highest BCUT2D eigenvalue weighted by molar-refractivity contribution is 6.30. The number of aryl methyl sites for hydroxylation is 1. The molecule has 0 unspecified atom stereocenters. The van der Waals surface area contributed by atoms with Gasteiger partial charge in [-0.1, -0.05) is 11.6 Å². The maximum atomic E-state index is 13.1. The van der Waals surface area contributed by atoms with Crippen molar-refractivity contribution < 1.29 is 22.7 Å². The monoisotopic (exact) mass is 332 g/mol. The number of hydrogen-bond acceptors (Lipinski definition) is 3. The summed E-state index contributed by atoms with van der Waals surface area (Å²) < 4.78 is 45.2. The summed E-state index contributed by atoms with van der Waals surface area (Å²) in [5, 5.41) is 0.426. The first kappa shape index (κ1) is 16.4. The third kappa shape index (κ3) is 3.09. The molecule has 8 heteroatoms. The summed E-state index contributed by atoms with van der Waals surface area (Å²) in [6, 6.07) is 6.02. The molecule has 1 heterocycles. The minimum atomic E-state index is -4.76. The molecule has 0 radical (unpaired) electrons. The number of ether oxygens (including phenoxy) is 1. The Labute approximate surface area is 129 Å². The minimum absolute atomic E-state index is 0.0256. The quantitative estimate of drug-likeness (QED) is 0.797. The van der Waals surface area contributed by atoms with Crippen molar-refractivity contribution in [2.24, 2.45) is 0 Å². The highest BCUT2D eigenvalue weighted by Crippen LogP contribution is 2.33. The molecule has 0 aliphatic rings. The van der Waals surface area contributed by atoms with Gasteiger partial charge in [0.15, 0.2) is 11.4 Å². The smallest absolute Gasteiger partial charge is 0.435 e. The summed E-state index contributed by atoms with van der Waals surface area (Å²) in [5.41, 5.74) is -1.57. The van der Waals surface area contributed by atoms with Crippen molar-refractivity contribution in [3.8, 4) is 5.69 Å². The van der Waals surface area contributed by atoms with Crippen molar-refractivity contribution in [1.29, 1.82) is 0 Å². The molecule has 1 aromatic carbocycles. The van der Waals surface area contributed by atoms with Crippen molar-refractivity contribution in [3.63, 3.8) is 0 Å². The lowest BCUT2D eigenvalue weighted by Crippen LogP contribution is -2.18. The number of imidazole rings is 1. The van der Waals surface area contributed by atoms with Gasteiger partial charge in [-0.15, -0.1) is 0 Å². The van der Waals surface area contributed by atoms with Crippen LogP contribution in [0.5, 0.6) is 0 Å². The number of carbonyl (C=O) groups excluding carboxylic acids is 1.